The van der Waals surface area contributed by atoms with Gasteiger partial charge in [0.25, 0.3) is 11.8 Å². The number of benzene rings is 2. The SMILES string of the molecule is C#Cc1ccc(C(=O)NC2CCCC(NC(=O)c3ccc(C#C)cc3C(=O)O)C2)c(C(=O)O)c1. The van der Waals surface area contributed by atoms with Crippen LogP contribution in [0.2, 0.25) is 0 Å². The molecule has 0 saturated heterocycles. The molecule has 1 saturated carbocycles. The Morgan fingerprint density at radius 2 is 1.15 bits per heavy atom. The fraction of sp³-hybridized carbons (Fsp3) is 0.231. The van der Waals surface area contributed by atoms with Crippen LogP contribution in [0, 0.1) is 24.7 Å². The second kappa shape index (κ2) is 10.4. The molecule has 0 aliphatic heterocycles. The van der Waals surface area contributed by atoms with Gasteiger partial charge in [0.15, 0.2) is 0 Å². The maximum absolute atomic E-state index is 12.8. The van der Waals surface area contributed by atoms with Gasteiger partial charge in [-0.1, -0.05) is 11.8 Å². The minimum atomic E-state index is -1.26. The third-order valence-corrected chi connectivity index (χ3v) is 5.67. The molecule has 172 valence electrons. The van der Waals surface area contributed by atoms with Gasteiger partial charge in [-0.25, -0.2) is 9.59 Å². The highest BCUT2D eigenvalue weighted by molar-refractivity contribution is 6.06. The molecule has 34 heavy (non-hydrogen) atoms. The maximum Gasteiger partial charge on any atom is 0.336 e. The molecular formula is C26H22N2O6. The van der Waals surface area contributed by atoms with E-state index in [4.69, 9.17) is 12.8 Å². The maximum atomic E-state index is 12.8. The van der Waals surface area contributed by atoms with Gasteiger partial charge in [0.2, 0.25) is 0 Å². The Balaban J connectivity index is 1.70. The molecule has 2 atom stereocenters. The highest BCUT2D eigenvalue weighted by Crippen LogP contribution is 2.21. The average Bonchev–Trinajstić information content (AvgIpc) is 2.83. The molecule has 2 aromatic carbocycles. The topological polar surface area (TPSA) is 133 Å². The first-order chi connectivity index (χ1) is 16.2. The van der Waals surface area contributed by atoms with Crippen LogP contribution < -0.4 is 10.6 Å². The van der Waals surface area contributed by atoms with Crippen molar-refractivity contribution in [1.82, 2.24) is 10.6 Å². The second-order valence-electron chi connectivity index (χ2n) is 7.93. The summed E-state index contributed by atoms with van der Waals surface area (Å²) < 4.78 is 0. The lowest BCUT2D eigenvalue weighted by molar-refractivity contribution is 0.0682. The molecule has 0 spiro atoms. The van der Waals surface area contributed by atoms with Crippen LogP contribution in [0.15, 0.2) is 36.4 Å². The molecule has 0 radical (unpaired) electrons. The molecule has 0 aromatic heterocycles. The van der Waals surface area contributed by atoms with Gasteiger partial charge < -0.3 is 20.8 Å². The Hall–Kier alpha value is -4.56. The molecule has 0 bridgehead atoms. The van der Waals surface area contributed by atoms with E-state index >= 15 is 0 Å². The van der Waals surface area contributed by atoms with Gasteiger partial charge in [-0.3, -0.25) is 9.59 Å². The summed E-state index contributed by atoms with van der Waals surface area (Å²) >= 11 is 0. The van der Waals surface area contributed by atoms with E-state index in [0.29, 0.717) is 36.8 Å². The lowest BCUT2D eigenvalue weighted by Crippen LogP contribution is -2.46. The van der Waals surface area contributed by atoms with Gasteiger partial charge in [0, 0.05) is 23.2 Å². The van der Waals surface area contributed by atoms with Gasteiger partial charge in [0.1, 0.15) is 0 Å². The zero-order valence-electron chi connectivity index (χ0n) is 18.1. The molecule has 2 amide bonds. The summed E-state index contributed by atoms with van der Waals surface area (Å²) in [6.07, 6.45) is 13.0. The zero-order valence-corrected chi connectivity index (χ0v) is 18.1. The summed E-state index contributed by atoms with van der Waals surface area (Å²) in [7, 11) is 0. The van der Waals surface area contributed by atoms with Crippen LogP contribution in [0.25, 0.3) is 0 Å². The van der Waals surface area contributed by atoms with Crippen LogP contribution in [0.5, 0.6) is 0 Å². The van der Waals surface area contributed by atoms with E-state index in [1.807, 2.05) is 0 Å². The fourth-order valence-electron chi connectivity index (χ4n) is 4.00. The molecule has 2 unspecified atom stereocenters. The van der Waals surface area contributed by atoms with Crippen LogP contribution in [-0.4, -0.2) is 46.0 Å². The van der Waals surface area contributed by atoms with E-state index in [9.17, 15) is 29.4 Å². The van der Waals surface area contributed by atoms with Gasteiger partial charge in [-0.05, 0) is 62.1 Å². The van der Waals surface area contributed by atoms with Crippen LogP contribution in [0.1, 0.15) is 78.2 Å². The van der Waals surface area contributed by atoms with Crippen molar-refractivity contribution in [3.8, 4) is 24.7 Å². The van der Waals surface area contributed by atoms with Gasteiger partial charge >= 0.3 is 11.9 Å². The lowest BCUT2D eigenvalue weighted by Gasteiger charge is -2.30. The second-order valence-corrected chi connectivity index (χ2v) is 7.93. The molecule has 1 aliphatic rings. The van der Waals surface area contributed by atoms with Crippen LogP contribution in [0.4, 0.5) is 0 Å². The number of rotatable bonds is 6. The number of hydrogen-bond acceptors (Lipinski definition) is 4. The highest BCUT2D eigenvalue weighted by atomic mass is 16.4. The molecule has 4 N–H and O–H groups in total. The molecule has 8 nitrogen and oxygen atoms in total. The van der Waals surface area contributed by atoms with Gasteiger partial charge in [-0.15, -0.1) is 12.8 Å². The van der Waals surface area contributed by atoms with Gasteiger partial charge in [-0.2, -0.15) is 0 Å². The number of hydrogen-bond donors (Lipinski definition) is 4. The van der Waals surface area contributed by atoms with Crippen molar-refractivity contribution < 1.29 is 29.4 Å². The predicted molar refractivity (Wildman–Crippen MR) is 124 cm³/mol. The standard InChI is InChI=1S/C26H22N2O6/c1-3-15-8-10-19(21(12-15)25(31)32)23(29)27-17-6-5-7-18(14-17)28-24(30)20-11-9-16(4-2)13-22(20)26(33)34/h1-2,8-13,17-18H,5-7,14H2,(H,27,29)(H,28,30)(H,31,32)(H,33,34). The summed E-state index contributed by atoms with van der Waals surface area (Å²) in [5.74, 6) is 1.07. The third kappa shape index (κ3) is 5.43. The molecule has 3 rings (SSSR count). The Kier molecular flexibility index (Phi) is 7.35. The summed E-state index contributed by atoms with van der Waals surface area (Å²) in [4.78, 5) is 48.7. The van der Waals surface area contributed by atoms with E-state index < -0.39 is 23.8 Å². The Morgan fingerprint density at radius 1 is 0.735 bits per heavy atom. The number of carbonyl (C=O) groups excluding carboxylic acids is 2. The largest absolute Gasteiger partial charge is 0.478 e. The number of aromatic carboxylic acids is 2. The molecule has 1 aliphatic carbocycles. The Bertz CT molecular complexity index is 1160. The summed E-state index contributed by atoms with van der Waals surface area (Å²) in [5.41, 5.74) is 0.320. The molecule has 0 heterocycles. The molecular weight excluding hydrogens is 436 g/mol. The van der Waals surface area contributed by atoms with Crippen LogP contribution in [-0.2, 0) is 0 Å². The van der Waals surface area contributed by atoms with E-state index in [-0.39, 0.29) is 34.3 Å². The van der Waals surface area contributed by atoms with Crippen molar-refractivity contribution in [1.29, 1.82) is 0 Å². The zero-order chi connectivity index (χ0) is 24.8. The van der Waals surface area contributed by atoms with Crippen molar-refractivity contribution in [2.75, 3.05) is 0 Å². The Morgan fingerprint density at radius 3 is 1.50 bits per heavy atom. The number of nitrogens with one attached hydrogen (secondary N) is 2. The molecule has 2 aromatic rings. The number of carboxylic acids is 2. The Labute approximate surface area is 196 Å². The normalized spacial score (nSPS) is 17.0. The monoisotopic (exact) mass is 458 g/mol. The predicted octanol–water partition coefficient (Wildman–Crippen LogP) is 2.52. The quantitative estimate of drug-likeness (QED) is 0.492. The lowest BCUT2D eigenvalue weighted by atomic mass is 9.90. The van der Waals surface area contributed by atoms with E-state index in [1.165, 1.54) is 36.4 Å². The minimum absolute atomic E-state index is 0.00244. The van der Waals surface area contributed by atoms with Crippen molar-refractivity contribution in [3.05, 3.63) is 69.8 Å². The smallest absolute Gasteiger partial charge is 0.336 e. The van der Waals surface area contributed by atoms with E-state index in [2.05, 4.69) is 22.5 Å². The van der Waals surface area contributed by atoms with Crippen molar-refractivity contribution in [2.24, 2.45) is 0 Å². The summed E-state index contributed by atoms with van der Waals surface area (Å²) in [5, 5.41) is 24.5. The van der Waals surface area contributed by atoms with Crippen LogP contribution in [0.3, 0.4) is 0 Å². The molecule has 8 heteroatoms. The van der Waals surface area contributed by atoms with E-state index in [0.717, 1.165) is 0 Å². The van der Waals surface area contributed by atoms with Crippen molar-refractivity contribution in [3.63, 3.8) is 0 Å². The minimum Gasteiger partial charge on any atom is -0.478 e. The van der Waals surface area contributed by atoms with Crippen molar-refractivity contribution >= 4 is 23.8 Å². The summed E-state index contributed by atoms with van der Waals surface area (Å²) in [6, 6.07) is 7.69. The number of carboxylic acid groups (broad SMARTS) is 2. The highest BCUT2D eigenvalue weighted by Gasteiger charge is 2.27. The van der Waals surface area contributed by atoms with Crippen molar-refractivity contribution in [2.45, 2.75) is 37.8 Å². The van der Waals surface area contributed by atoms with E-state index in [1.54, 1.807) is 0 Å². The fourth-order valence-corrected chi connectivity index (χ4v) is 4.00. The third-order valence-electron chi connectivity index (χ3n) is 5.67. The number of carbonyl (C=O) groups is 4. The number of amides is 2. The number of terminal acetylenes is 2. The first kappa shape index (κ1) is 24.1. The first-order valence-electron chi connectivity index (χ1n) is 10.5. The average molecular weight is 458 g/mol. The first-order valence-corrected chi connectivity index (χ1v) is 10.5. The molecule has 1 fully saturated rings. The summed E-state index contributed by atoms with van der Waals surface area (Å²) in [6.45, 7) is 0. The van der Waals surface area contributed by atoms with Gasteiger partial charge in [0.05, 0.1) is 22.3 Å². The van der Waals surface area contributed by atoms with Crippen LogP contribution >= 0.6 is 0 Å².